The SMILES string of the molecule is CC(C)(C)OC1CC(Oc2ccc(CCCCOC3CC(C(C)(C)C)C3)nc2)C1. The van der Waals surface area contributed by atoms with E-state index in [4.69, 9.17) is 14.2 Å². The van der Waals surface area contributed by atoms with Gasteiger partial charge < -0.3 is 14.2 Å². The molecular formula is C25H41NO3. The zero-order chi connectivity index (χ0) is 21.1. The summed E-state index contributed by atoms with van der Waals surface area (Å²) in [7, 11) is 0. The summed E-state index contributed by atoms with van der Waals surface area (Å²) in [6.45, 7) is 14.2. The normalized spacial score (nSPS) is 27.2. The van der Waals surface area contributed by atoms with Crippen LogP contribution in [0.15, 0.2) is 18.3 Å². The molecule has 1 heterocycles. The monoisotopic (exact) mass is 403 g/mol. The number of aromatic nitrogens is 1. The molecule has 0 saturated heterocycles. The molecule has 1 aromatic heterocycles. The molecule has 0 amide bonds. The van der Waals surface area contributed by atoms with Crippen molar-refractivity contribution in [3.8, 4) is 5.75 Å². The molecule has 1 aromatic rings. The van der Waals surface area contributed by atoms with Gasteiger partial charge in [0, 0.05) is 25.1 Å². The Bertz CT molecular complexity index is 617. The maximum atomic E-state index is 6.01. The first-order valence-electron chi connectivity index (χ1n) is 11.5. The van der Waals surface area contributed by atoms with Gasteiger partial charge in [0.2, 0.25) is 0 Å². The summed E-state index contributed by atoms with van der Waals surface area (Å²) in [6.07, 6.45) is 10.6. The maximum absolute atomic E-state index is 6.01. The van der Waals surface area contributed by atoms with Gasteiger partial charge in [0.05, 0.1) is 24.0 Å². The Morgan fingerprint density at radius 1 is 0.897 bits per heavy atom. The smallest absolute Gasteiger partial charge is 0.138 e. The minimum Gasteiger partial charge on any atom is -0.489 e. The number of hydrogen-bond donors (Lipinski definition) is 0. The Morgan fingerprint density at radius 3 is 2.21 bits per heavy atom. The molecule has 0 radical (unpaired) electrons. The fourth-order valence-corrected chi connectivity index (χ4v) is 4.10. The Labute approximate surface area is 177 Å². The molecule has 2 fully saturated rings. The van der Waals surface area contributed by atoms with Crippen molar-refractivity contribution in [1.82, 2.24) is 4.98 Å². The van der Waals surface area contributed by atoms with Crippen LogP contribution in [0.5, 0.6) is 5.75 Å². The predicted molar refractivity (Wildman–Crippen MR) is 117 cm³/mol. The molecule has 0 bridgehead atoms. The van der Waals surface area contributed by atoms with Gasteiger partial charge in [0.1, 0.15) is 11.9 Å². The summed E-state index contributed by atoms with van der Waals surface area (Å²) in [5.74, 6) is 1.70. The van der Waals surface area contributed by atoms with Crippen molar-refractivity contribution < 1.29 is 14.2 Å². The Kier molecular flexibility index (Phi) is 7.27. The highest BCUT2D eigenvalue weighted by Gasteiger charge is 2.37. The molecular weight excluding hydrogens is 362 g/mol. The van der Waals surface area contributed by atoms with Gasteiger partial charge in [-0.25, -0.2) is 0 Å². The van der Waals surface area contributed by atoms with E-state index in [9.17, 15) is 0 Å². The topological polar surface area (TPSA) is 40.6 Å². The van der Waals surface area contributed by atoms with Gasteiger partial charge in [0.25, 0.3) is 0 Å². The van der Waals surface area contributed by atoms with Crippen molar-refractivity contribution in [2.75, 3.05) is 6.61 Å². The van der Waals surface area contributed by atoms with Crippen LogP contribution in [-0.4, -0.2) is 35.5 Å². The number of aryl methyl sites for hydroxylation is 1. The van der Waals surface area contributed by atoms with Gasteiger partial charge in [-0.1, -0.05) is 20.8 Å². The second kappa shape index (κ2) is 9.34. The van der Waals surface area contributed by atoms with Crippen molar-refractivity contribution in [3.63, 3.8) is 0 Å². The van der Waals surface area contributed by atoms with Gasteiger partial charge in [-0.15, -0.1) is 0 Å². The lowest BCUT2D eigenvalue weighted by molar-refractivity contribution is -0.126. The lowest BCUT2D eigenvalue weighted by Crippen LogP contribution is -2.43. The van der Waals surface area contributed by atoms with Crippen LogP contribution in [-0.2, 0) is 15.9 Å². The first kappa shape index (κ1) is 22.6. The number of unbranched alkanes of at least 4 members (excludes halogenated alkanes) is 1. The van der Waals surface area contributed by atoms with Crippen molar-refractivity contribution in [3.05, 3.63) is 24.0 Å². The maximum Gasteiger partial charge on any atom is 0.138 e. The average Bonchev–Trinajstić information content (AvgIpc) is 2.53. The second-order valence-electron chi connectivity index (χ2n) is 11.0. The zero-order valence-electron chi connectivity index (χ0n) is 19.4. The average molecular weight is 404 g/mol. The molecule has 2 saturated carbocycles. The molecule has 0 aliphatic heterocycles. The molecule has 4 nitrogen and oxygen atoms in total. The van der Waals surface area contributed by atoms with Crippen molar-refractivity contribution in [2.24, 2.45) is 11.3 Å². The molecule has 0 spiro atoms. The fourth-order valence-electron chi connectivity index (χ4n) is 4.10. The summed E-state index contributed by atoms with van der Waals surface area (Å²) in [6, 6.07) is 4.15. The van der Waals surface area contributed by atoms with Crippen LogP contribution in [0.4, 0.5) is 0 Å². The fraction of sp³-hybridized carbons (Fsp3) is 0.800. The number of nitrogens with zero attached hydrogens (tertiary/aromatic N) is 1. The summed E-state index contributed by atoms with van der Waals surface area (Å²) in [5, 5.41) is 0. The van der Waals surface area contributed by atoms with E-state index >= 15 is 0 Å². The Hall–Kier alpha value is -1.13. The lowest BCUT2D eigenvalue weighted by Gasteiger charge is -2.43. The Balaban J connectivity index is 1.24. The lowest BCUT2D eigenvalue weighted by atomic mass is 9.67. The highest BCUT2D eigenvalue weighted by Crippen LogP contribution is 2.42. The van der Waals surface area contributed by atoms with Crippen molar-refractivity contribution in [1.29, 1.82) is 0 Å². The molecule has 4 heteroatoms. The summed E-state index contributed by atoms with van der Waals surface area (Å²) in [4.78, 5) is 4.57. The summed E-state index contributed by atoms with van der Waals surface area (Å²) < 4.78 is 18.0. The van der Waals surface area contributed by atoms with Crippen LogP contribution in [0, 0.1) is 11.3 Å². The Morgan fingerprint density at radius 2 is 1.62 bits per heavy atom. The number of hydrogen-bond acceptors (Lipinski definition) is 4. The number of ether oxygens (including phenoxy) is 3. The number of pyridine rings is 1. The van der Waals surface area contributed by atoms with Crippen molar-refractivity contribution >= 4 is 0 Å². The largest absolute Gasteiger partial charge is 0.489 e. The van der Waals surface area contributed by atoms with Crippen LogP contribution in [0.1, 0.15) is 85.8 Å². The van der Waals surface area contributed by atoms with Gasteiger partial charge >= 0.3 is 0 Å². The van der Waals surface area contributed by atoms with Crippen LogP contribution >= 0.6 is 0 Å². The molecule has 0 N–H and O–H groups in total. The summed E-state index contributed by atoms with van der Waals surface area (Å²) >= 11 is 0. The van der Waals surface area contributed by atoms with Crippen LogP contribution in [0.25, 0.3) is 0 Å². The number of rotatable bonds is 9. The zero-order valence-corrected chi connectivity index (χ0v) is 19.4. The van der Waals surface area contributed by atoms with Gasteiger partial charge in [0.15, 0.2) is 0 Å². The third-order valence-electron chi connectivity index (χ3n) is 6.17. The van der Waals surface area contributed by atoms with E-state index < -0.39 is 0 Å². The van der Waals surface area contributed by atoms with E-state index in [0.29, 0.717) is 17.6 Å². The first-order chi connectivity index (χ1) is 13.6. The van der Waals surface area contributed by atoms with E-state index in [1.807, 2.05) is 6.20 Å². The predicted octanol–water partition coefficient (Wildman–Crippen LogP) is 5.97. The van der Waals surface area contributed by atoms with Gasteiger partial charge in [-0.2, -0.15) is 0 Å². The minimum absolute atomic E-state index is 0.0728. The first-order valence-corrected chi connectivity index (χ1v) is 11.5. The second-order valence-corrected chi connectivity index (χ2v) is 11.0. The van der Waals surface area contributed by atoms with E-state index in [1.165, 1.54) is 12.8 Å². The highest BCUT2D eigenvalue weighted by molar-refractivity contribution is 5.20. The quantitative estimate of drug-likeness (QED) is 0.476. The minimum atomic E-state index is -0.0728. The third kappa shape index (κ3) is 7.25. The molecule has 0 aromatic carbocycles. The van der Waals surface area contributed by atoms with Gasteiger partial charge in [-0.3, -0.25) is 4.98 Å². The molecule has 2 aliphatic carbocycles. The van der Waals surface area contributed by atoms with Crippen LogP contribution in [0.2, 0.25) is 0 Å². The third-order valence-corrected chi connectivity index (χ3v) is 6.17. The highest BCUT2D eigenvalue weighted by atomic mass is 16.5. The van der Waals surface area contributed by atoms with Crippen molar-refractivity contribution in [2.45, 2.75) is 110 Å². The molecule has 164 valence electrons. The van der Waals surface area contributed by atoms with Crippen LogP contribution < -0.4 is 4.74 Å². The summed E-state index contributed by atoms with van der Waals surface area (Å²) in [5.41, 5.74) is 1.50. The van der Waals surface area contributed by atoms with E-state index in [0.717, 1.165) is 56.1 Å². The van der Waals surface area contributed by atoms with Gasteiger partial charge in [-0.05, 0) is 76.3 Å². The van der Waals surface area contributed by atoms with E-state index in [1.54, 1.807) is 0 Å². The molecule has 0 atom stereocenters. The van der Waals surface area contributed by atoms with E-state index in [2.05, 4.69) is 58.7 Å². The molecule has 0 unspecified atom stereocenters. The standard InChI is InChI=1S/C25H41NO3/c1-24(2,3)18-13-21(14-18)27-12-8-7-9-19-10-11-20(17-26-19)28-22-15-23(16-22)29-25(4,5)6/h10-11,17-18,21-23H,7-9,12-16H2,1-6H3. The van der Waals surface area contributed by atoms with Crippen LogP contribution in [0.3, 0.4) is 0 Å². The molecule has 2 aliphatic rings. The van der Waals surface area contributed by atoms with E-state index in [-0.39, 0.29) is 11.7 Å². The molecule has 29 heavy (non-hydrogen) atoms. The molecule has 3 rings (SSSR count).